The van der Waals surface area contributed by atoms with Gasteiger partial charge in [0.25, 0.3) is 0 Å². The van der Waals surface area contributed by atoms with Crippen molar-refractivity contribution >= 4 is 23.2 Å². The summed E-state index contributed by atoms with van der Waals surface area (Å²) in [6, 6.07) is 10.1. The van der Waals surface area contributed by atoms with E-state index in [0.717, 1.165) is 12.0 Å². The molecule has 2 nitrogen and oxygen atoms in total. The number of nitrogens with two attached hydrogens (primary N) is 2. The Morgan fingerprint density at radius 1 is 1.06 bits per heavy atom. The van der Waals surface area contributed by atoms with Crippen molar-refractivity contribution in [1.29, 1.82) is 0 Å². The van der Waals surface area contributed by atoms with E-state index in [1.165, 1.54) is 5.56 Å². The van der Waals surface area contributed by atoms with Crippen LogP contribution in [0.4, 0.5) is 0 Å². The van der Waals surface area contributed by atoms with E-state index < -0.39 is 10.00 Å². The standard InChI is InChI=1S/C13H14Cl2N2/c14-12(15)9-11(6-7-13(12,16)17)8-10-4-2-1-3-5-10/h1-7,9H,8,16-17H2. The SMILES string of the molecule is NC1(N)C=CC(Cc2ccccc2)=CC1(Cl)Cl. The maximum Gasteiger partial charge on any atom is 0.171 e. The Balaban J connectivity index is 2.20. The van der Waals surface area contributed by atoms with E-state index in [4.69, 9.17) is 34.7 Å². The van der Waals surface area contributed by atoms with E-state index in [1.54, 1.807) is 12.2 Å². The first-order valence-corrected chi connectivity index (χ1v) is 6.07. The van der Waals surface area contributed by atoms with E-state index in [0.29, 0.717) is 0 Å². The molecule has 0 unspecified atom stereocenters. The number of allylic oxidation sites excluding steroid dienone is 2. The van der Waals surface area contributed by atoms with Gasteiger partial charge in [0, 0.05) is 0 Å². The first-order valence-electron chi connectivity index (χ1n) is 5.31. The molecule has 0 aromatic heterocycles. The van der Waals surface area contributed by atoms with Crippen LogP contribution in [-0.2, 0) is 6.42 Å². The smallest absolute Gasteiger partial charge is 0.171 e. The van der Waals surface area contributed by atoms with Gasteiger partial charge in [-0.2, -0.15) is 0 Å². The molecular formula is C13H14Cl2N2. The van der Waals surface area contributed by atoms with Crippen LogP contribution in [0.25, 0.3) is 0 Å². The summed E-state index contributed by atoms with van der Waals surface area (Å²) < 4.78 is -1.27. The second kappa shape index (κ2) is 4.46. The monoisotopic (exact) mass is 268 g/mol. The first-order chi connectivity index (χ1) is 7.91. The molecule has 0 saturated heterocycles. The molecule has 2 rings (SSSR count). The fourth-order valence-corrected chi connectivity index (χ4v) is 2.11. The third-order valence-corrected chi connectivity index (χ3v) is 3.64. The molecule has 4 N–H and O–H groups in total. The minimum Gasteiger partial charge on any atom is -0.307 e. The third kappa shape index (κ3) is 2.72. The summed E-state index contributed by atoms with van der Waals surface area (Å²) in [6.45, 7) is 0. The fourth-order valence-electron chi connectivity index (χ4n) is 1.70. The lowest BCUT2D eigenvalue weighted by Crippen LogP contribution is -2.60. The topological polar surface area (TPSA) is 52.0 Å². The lowest BCUT2D eigenvalue weighted by Gasteiger charge is -2.35. The minimum atomic E-state index is -1.27. The highest BCUT2D eigenvalue weighted by molar-refractivity contribution is 6.51. The van der Waals surface area contributed by atoms with Gasteiger partial charge in [0.1, 0.15) is 5.66 Å². The van der Waals surface area contributed by atoms with Gasteiger partial charge >= 0.3 is 0 Å². The molecule has 0 atom stereocenters. The lowest BCUT2D eigenvalue weighted by molar-refractivity contribution is 0.526. The maximum atomic E-state index is 6.11. The second-order valence-corrected chi connectivity index (χ2v) is 5.66. The molecule has 17 heavy (non-hydrogen) atoms. The number of benzene rings is 1. The van der Waals surface area contributed by atoms with E-state index in [2.05, 4.69) is 0 Å². The van der Waals surface area contributed by atoms with Crippen LogP contribution in [0, 0.1) is 0 Å². The maximum absolute atomic E-state index is 6.11. The van der Waals surface area contributed by atoms with Crippen LogP contribution in [-0.4, -0.2) is 10.00 Å². The Morgan fingerprint density at radius 2 is 1.71 bits per heavy atom. The molecular weight excluding hydrogens is 255 g/mol. The number of hydrogen-bond donors (Lipinski definition) is 2. The Bertz CT molecular complexity index is 462. The average Bonchev–Trinajstić information content (AvgIpc) is 2.25. The van der Waals surface area contributed by atoms with Crippen molar-refractivity contribution in [2.75, 3.05) is 0 Å². The summed E-state index contributed by atoms with van der Waals surface area (Å²) in [4.78, 5) is 0. The Morgan fingerprint density at radius 3 is 2.29 bits per heavy atom. The zero-order valence-electron chi connectivity index (χ0n) is 9.24. The van der Waals surface area contributed by atoms with Crippen LogP contribution in [0.2, 0.25) is 0 Å². The Kier molecular flexibility index (Phi) is 3.32. The van der Waals surface area contributed by atoms with Crippen molar-refractivity contribution in [3.8, 4) is 0 Å². The molecule has 1 aliphatic rings. The van der Waals surface area contributed by atoms with Gasteiger partial charge in [-0.3, -0.25) is 0 Å². The fraction of sp³-hybridized carbons (Fsp3) is 0.231. The molecule has 0 amide bonds. The van der Waals surface area contributed by atoms with Crippen molar-refractivity contribution in [1.82, 2.24) is 0 Å². The molecule has 0 heterocycles. The van der Waals surface area contributed by atoms with Gasteiger partial charge in [0.05, 0.1) is 0 Å². The normalized spacial score (nSPS) is 21.1. The van der Waals surface area contributed by atoms with Gasteiger partial charge in [-0.25, -0.2) is 0 Å². The predicted octanol–water partition coefficient (Wildman–Crippen LogP) is 2.51. The number of hydrogen-bond acceptors (Lipinski definition) is 2. The van der Waals surface area contributed by atoms with Crippen LogP contribution in [0.15, 0.2) is 54.1 Å². The molecule has 0 radical (unpaired) electrons. The zero-order chi connectivity index (χ0) is 12.5. The molecule has 90 valence electrons. The highest BCUT2D eigenvalue weighted by Gasteiger charge is 2.42. The largest absolute Gasteiger partial charge is 0.307 e. The van der Waals surface area contributed by atoms with Crippen LogP contribution in [0.5, 0.6) is 0 Å². The summed E-state index contributed by atoms with van der Waals surface area (Å²) in [5.41, 5.74) is 12.6. The van der Waals surface area contributed by atoms with Crippen molar-refractivity contribution in [2.24, 2.45) is 11.5 Å². The zero-order valence-corrected chi connectivity index (χ0v) is 10.7. The number of rotatable bonds is 2. The van der Waals surface area contributed by atoms with E-state index in [-0.39, 0.29) is 0 Å². The van der Waals surface area contributed by atoms with Gasteiger partial charge in [0.2, 0.25) is 0 Å². The highest BCUT2D eigenvalue weighted by Crippen LogP contribution is 2.36. The molecule has 0 spiro atoms. The van der Waals surface area contributed by atoms with Crippen molar-refractivity contribution in [2.45, 2.75) is 16.4 Å². The molecule has 1 aromatic carbocycles. The molecule has 0 saturated carbocycles. The van der Waals surface area contributed by atoms with Gasteiger partial charge in [-0.15, -0.1) is 0 Å². The van der Waals surface area contributed by atoms with Crippen LogP contribution >= 0.6 is 23.2 Å². The quantitative estimate of drug-likeness (QED) is 0.640. The molecule has 0 fully saturated rings. The molecule has 1 aromatic rings. The Hall–Kier alpha value is -0.800. The molecule has 0 bridgehead atoms. The van der Waals surface area contributed by atoms with Gasteiger partial charge < -0.3 is 11.5 Å². The lowest BCUT2D eigenvalue weighted by atomic mass is 9.93. The molecule has 0 aliphatic heterocycles. The number of halogens is 2. The van der Waals surface area contributed by atoms with E-state index in [1.807, 2.05) is 36.4 Å². The highest BCUT2D eigenvalue weighted by atomic mass is 35.5. The summed E-state index contributed by atoms with van der Waals surface area (Å²) in [5.74, 6) is 0. The number of alkyl halides is 2. The summed E-state index contributed by atoms with van der Waals surface area (Å²) in [5, 5.41) is 0. The average molecular weight is 269 g/mol. The predicted molar refractivity (Wildman–Crippen MR) is 72.9 cm³/mol. The van der Waals surface area contributed by atoms with E-state index >= 15 is 0 Å². The van der Waals surface area contributed by atoms with Crippen molar-refractivity contribution in [3.63, 3.8) is 0 Å². The molecule has 1 aliphatic carbocycles. The van der Waals surface area contributed by atoms with Crippen molar-refractivity contribution < 1.29 is 0 Å². The molecule has 4 heteroatoms. The van der Waals surface area contributed by atoms with Crippen LogP contribution in [0.1, 0.15) is 5.56 Å². The van der Waals surface area contributed by atoms with E-state index in [9.17, 15) is 0 Å². The first kappa shape index (κ1) is 12.7. The summed E-state index contributed by atoms with van der Waals surface area (Å²) >= 11 is 12.2. The van der Waals surface area contributed by atoms with Gasteiger partial charge in [-0.1, -0.05) is 59.6 Å². The third-order valence-electron chi connectivity index (χ3n) is 2.77. The van der Waals surface area contributed by atoms with Crippen LogP contribution < -0.4 is 11.5 Å². The minimum absolute atomic E-state index is 0.759. The van der Waals surface area contributed by atoms with Gasteiger partial charge in [0.15, 0.2) is 4.33 Å². The summed E-state index contributed by atoms with van der Waals surface area (Å²) in [7, 11) is 0. The van der Waals surface area contributed by atoms with Gasteiger partial charge in [-0.05, 0) is 29.7 Å². The Labute approximate surface area is 111 Å². The van der Waals surface area contributed by atoms with Crippen LogP contribution in [0.3, 0.4) is 0 Å². The second-order valence-electron chi connectivity index (χ2n) is 4.27. The van der Waals surface area contributed by atoms with Crippen molar-refractivity contribution in [3.05, 3.63) is 59.7 Å². The summed E-state index contributed by atoms with van der Waals surface area (Å²) in [6.07, 6.45) is 5.99.